The van der Waals surface area contributed by atoms with E-state index in [2.05, 4.69) is 26.9 Å². The normalized spacial score (nSPS) is 16.0. The van der Waals surface area contributed by atoms with Crippen molar-refractivity contribution in [2.24, 2.45) is 0 Å². The van der Waals surface area contributed by atoms with Gasteiger partial charge in [0.15, 0.2) is 0 Å². The van der Waals surface area contributed by atoms with Gasteiger partial charge in [-0.1, -0.05) is 47.6 Å². The van der Waals surface area contributed by atoms with Gasteiger partial charge in [-0.2, -0.15) is 4.98 Å². The van der Waals surface area contributed by atoms with Crippen LogP contribution in [0.2, 0.25) is 0 Å². The number of aromatic nitrogens is 2. The summed E-state index contributed by atoms with van der Waals surface area (Å²) in [5.41, 5.74) is 1.74. The molecule has 0 radical (unpaired) electrons. The van der Waals surface area contributed by atoms with Gasteiger partial charge in [-0.3, -0.25) is 14.6 Å². The fourth-order valence-corrected chi connectivity index (χ4v) is 4.10. The number of nitrogens with zero attached hydrogens (tertiary/aromatic N) is 5. The molecular weight excluding hydrogens is 421 g/mol. The van der Waals surface area contributed by atoms with Crippen molar-refractivity contribution in [2.75, 3.05) is 39.3 Å². The molecule has 1 aliphatic heterocycles. The lowest BCUT2D eigenvalue weighted by molar-refractivity contribution is -0.133. The molecule has 0 aliphatic carbocycles. The second-order valence-corrected chi connectivity index (χ2v) is 8.35. The Bertz CT molecular complexity index is 1050. The zero-order valence-electron chi connectivity index (χ0n) is 19.2. The number of rotatable bonds is 8. The van der Waals surface area contributed by atoms with Crippen LogP contribution in [0, 0.1) is 5.82 Å². The van der Waals surface area contributed by atoms with Gasteiger partial charge in [0, 0.05) is 44.8 Å². The number of benzene rings is 2. The third-order valence-electron chi connectivity index (χ3n) is 6.14. The first kappa shape index (κ1) is 23.1. The Balaban J connectivity index is 1.28. The van der Waals surface area contributed by atoms with E-state index in [0.29, 0.717) is 31.3 Å². The monoisotopic (exact) mass is 451 g/mol. The topological polar surface area (TPSA) is 65.7 Å². The number of carbonyl (C=O) groups is 1. The van der Waals surface area contributed by atoms with Crippen molar-refractivity contribution in [2.45, 2.75) is 26.4 Å². The van der Waals surface area contributed by atoms with Crippen molar-refractivity contribution >= 4 is 5.91 Å². The minimum atomic E-state index is -0.279. The van der Waals surface area contributed by atoms with Gasteiger partial charge in [-0.05, 0) is 31.5 Å². The second kappa shape index (κ2) is 10.7. The molecule has 3 aromatic rings. The molecule has 4 rings (SSSR count). The number of amides is 1. The summed E-state index contributed by atoms with van der Waals surface area (Å²) >= 11 is 0. The predicted molar refractivity (Wildman–Crippen MR) is 124 cm³/mol. The van der Waals surface area contributed by atoms with Crippen molar-refractivity contribution in [1.82, 2.24) is 24.8 Å². The van der Waals surface area contributed by atoms with Crippen LogP contribution in [0.4, 0.5) is 4.39 Å². The van der Waals surface area contributed by atoms with E-state index in [-0.39, 0.29) is 17.8 Å². The van der Waals surface area contributed by atoms with Crippen LogP contribution in [0.1, 0.15) is 31.3 Å². The van der Waals surface area contributed by atoms with E-state index in [4.69, 9.17) is 4.52 Å². The summed E-state index contributed by atoms with van der Waals surface area (Å²) in [6, 6.07) is 16.2. The molecular formula is C25H30FN5O2. The van der Waals surface area contributed by atoms with Crippen molar-refractivity contribution in [1.29, 1.82) is 0 Å². The Labute approximate surface area is 193 Å². The second-order valence-electron chi connectivity index (χ2n) is 8.35. The zero-order chi connectivity index (χ0) is 23.2. The number of halogens is 1. The first-order valence-corrected chi connectivity index (χ1v) is 11.4. The summed E-state index contributed by atoms with van der Waals surface area (Å²) in [5.74, 6) is 0.983. The van der Waals surface area contributed by atoms with Crippen molar-refractivity contribution in [3.63, 3.8) is 0 Å². The number of carbonyl (C=O) groups excluding carboxylic acids is 1. The molecule has 8 heteroatoms. The molecule has 1 aromatic heterocycles. The van der Waals surface area contributed by atoms with Gasteiger partial charge in [-0.25, -0.2) is 4.39 Å². The molecule has 7 nitrogen and oxygen atoms in total. The van der Waals surface area contributed by atoms with Crippen molar-refractivity contribution in [3.8, 4) is 11.4 Å². The molecule has 1 unspecified atom stereocenters. The maximum Gasteiger partial charge on any atom is 0.244 e. The standard InChI is InChI=1S/C25H30FN5O2/c1-3-30(17-20-8-7-11-22(26)16-20)23(32)18-29-12-14-31(15-13-29)19(2)25-27-24(28-33-25)21-9-5-4-6-10-21/h4-11,16,19H,3,12-15,17-18H2,1-2H3. The molecule has 174 valence electrons. The molecule has 1 atom stereocenters. The van der Waals surface area contributed by atoms with Gasteiger partial charge < -0.3 is 9.42 Å². The summed E-state index contributed by atoms with van der Waals surface area (Å²) < 4.78 is 19.0. The maximum atomic E-state index is 13.5. The first-order valence-electron chi connectivity index (χ1n) is 11.4. The molecule has 0 saturated carbocycles. The summed E-state index contributed by atoms with van der Waals surface area (Å²) in [4.78, 5) is 23.7. The lowest BCUT2D eigenvalue weighted by Gasteiger charge is -2.37. The number of likely N-dealkylation sites (N-methyl/N-ethyl adjacent to an activating group) is 1. The number of hydrogen-bond acceptors (Lipinski definition) is 6. The Morgan fingerprint density at radius 2 is 1.88 bits per heavy atom. The van der Waals surface area contributed by atoms with Crippen LogP contribution in [0.5, 0.6) is 0 Å². The van der Waals surface area contributed by atoms with Crippen LogP contribution in [-0.4, -0.2) is 70.0 Å². The summed E-state index contributed by atoms with van der Waals surface area (Å²) in [6.07, 6.45) is 0. The third-order valence-corrected chi connectivity index (χ3v) is 6.14. The summed E-state index contributed by atoms with van der Waals surface area (Å²) in [6.45, 7) is 8.59. The van der Waals surface area contributed by atoms with Crippen LogP contribution in [0.15, 0.2) is 59.1 Å². The quantitative estimate of drug-likeness (QED) is 0.521. The molecule has 2 heterocycles. The number of piperazine rings is 1. The maximum absolute atomic E-state index is 13.5. The Morgan fingerprint density at radius 3 is 2.58 bits per heavy atom. The Morgan fingerprint density at radius 1 is 1.12 bits per heavy atom. The van der Waals surface area contributed by atoms with Gasteiger partial charge in [0.2, 0.25) is 17.6 Å². The van der Waals surface area contributed by atoms with Crippen LogP contribution >= 0.6 is 0 Å². The zero-order valence-corrected chi connectivity index (χ0v) is 19.2. The highest BCUT2D eigenvalue weighted by Crippen LogP contribution is 2.23. The lowest BCUT2D eigenvalue weighted by atomic mass is 10.2. The average molecular weight is 452 g/mol. The highest BCUT2D eigenvalue weighted by molar-refractivity contribution is 5.78. The molecule has 0 bridgehead atoms. The molecule has 1 amide bonds. The van der Waals surface area contributed by atoms with E-state index >= 15 is 0 Å². The molecule has 0 spiro atoms. The first-order chi connectivity index (χ1) is 16.0. The third kappa shape index (κ3) is 5.83. The van der Waals surface area contributed by atoms with Crippen LogP contribution < -0.4 is 0 Å². The van der Waals surface area contributed by atoms with Gasteiger partial charge in [0.25, 0.3) is 0 Å². The molecule has 2 aromatic carbocycles. The average Bonchev–Trinajstić information content (AvgIpc) is 3.33. The Hall–Kier alpha value is -3.10. The van der Waals surface area contributed by atoms with E-state index < -0.39 is 0 Å². The fourth-order valence-electron chi connectivity index (χ4n) is 4.10. The fraction of sp³-hybridized carbons (Fsp3) is 0.400. The van der Waals surface area contributed by atoms with E-state index in [9.17, 15) is 9.18 Å². The molecule has 33 heavy (non-hydrogen) atoms. The van der Waals surface area contributed by atoms with Gasteiger partial charge in [0.05, 0.1) is 12.6 Å². The van der Waals surface area contributed by atoms with E-state index in [1.807, 2.05) is 43.3 Å². The molecule has 0 N–H and O–H groups in total. The molecule has 1 aliphatic rings. The van der Waals surface area contributed by atoms with E-state index in [1.54, 1.807) is 11.0 Å². The van der Waals surface area contributed by atoms with Gasteiger partial charge >= 0.3 is 0 Å². The highest BCUT2D eigenvalue weighted by Gasteiger charge is 2.27. The van der Waals surface area contributed by atoms with Crippen molar-refractivity contribution < 1.29 is 13.7 Å². The Kier molecular flexibility index (Phi) is 7.47. The van der Waals surface area contributed by atoms with E-state index in [1.165, 1.54) is 12.1 Å². The lowest BCUT2D eigenvalue weighted by Crippen LogP contribution is -2.50. The minimum absolute atomic E-state index is 0.00734. The van der Waals surface area contributed by atoms with E-state index in [0.717, 1.165) is 37.3 Å². The largest absolute Gasteiger partial charge is 0.338 e. The van der Waals surface area contributed by atoms with Crippen LogP contribution in [0.25, 0.3) is 11.4 Å². The van der Waals surface area contributed by atoms with Gasteiger partial charge in [-0.15, -0.1) is 0 Å². The van der Waals surface area contributed by atoms with Crippen LogP contribution in [-0.2, 0) is 11.3 Å². The summed E-state index contributed by atoms with van der Waals surface area (Å²) in [5, 5.41) is 4.13. The molecule has 1 saturated heterocycles. The SMILES string of the molecule is CCN(Cc1cccc(F)c1)C(=O)CN1CCN(C(C)c2nc(-c3ccccc3)no2)CC1. The highest BCUT2D eigenvalue weighted by atomic mass is 19.1. The predicted octanol–water partition coefficient (Wildman–Crippen LogP) is 3.60. The minimum Gasteiger partial charge on any atom is -0.338 e. The smallest absolute Gasteiger partial charge is 0.244 e. The molecule has 1 fully saturated rings. The van der Waals surface area contributed by atoms with Crippen molar-refractivity contribution in [3.05, 3.63) is 71.9 Å². The number of hydrogen-bond donors (Lipinski definition) is 0. The van der Waals surface area contributed by atoms with Crippen LogP contribution in [0.3, 0.4) is 0 Å². The van der Waals surface area contributed by atoms with Gasteiger partial charge in [0.1, 0.15) is 5.82 Å². The summed E-state index contributed by atoms with van der Waals surface area (Å²) in [7, 11) is 0.